The van der Waals surface area contributed by atoms with Gasteiger partial charge in [0.15, 0.2) is 5.78 Å². The predicted octanol–water partition coefficient (Wildman–Crippen LogP) is 3.99. The summed E-state index contributed by atoms with van der Waals surface area (Å²) in [6.07, 6.45) is 12.9. The normalized spacial score (nSPS) is 47.0. The molecule has 120 valence electrons. The Kier molecular flexibility index (Phi) is 3.10. The molecule has 4 rings (SSSR count). The molecule has 3 unspecified atom stereocenters. The van der Waals surface area contributed by atoms with Crippen LogP contribution in [-0.4, -0.2) is 11.0 Å². The van der Waals surface area contributed by atoms with Crippen LogP contribution in [0.15, 0.2) is 23.4 Å². The topological polar surface area (TPSA) is 49.3 Å². The lowest BCUT2D eigenvalue weighted by atomic mass is 9.47. The largest absolute Gasteiger partial charge is 0.292 e. The van der Waals surface area contributed by atoms with Crippen molar-refractivity contribution in [3.63, 3.8) is 0 Å². The SMILES string of the molecule is C[C@]12CCC3C(CCC4=CCCC[C@]43C)C1C=C(NO)C2=O. The van der Waals surface area contributed by atoms with E-state index in [2.05, 4.69) is 25.4 Å². The first-order chi connectivity index (χ1) is 10.5. The molecule has 3 nitrogen and oxygen atoms in total. The highest BCUT2D eigenvalue weighted by Crippen LogP contribution is 2.63. The molecule has 0 aliphatic heterocycles. The molecule has 22 heavy (non-hydrogen) atoms. The second-order valence-corrected chi connectivity index (χ2v) is 8.35. The van der Waals surface area contributed by atoms with E-state index < -0.39 is 0 Å². The van der Waals surface area contributed by atoms with Crippen molar-refractivity contribution in [1.82, 2.24) is 5.48 Å². The Balaban J connectivity index is 1.72. The van der Waals surface area contributed by atoms with Gasteiger partial charge in [0, 0.05) is 5.41 Å². The standard InChI is InChI=1S/C19H27NO2/c1-18-9-4-3-5-12(18)6-7-13-14(18)8-10-19(2)15(13)11-16(20-22)17(19)21/h5,11,13-15,20,22H,3-4,6-10H2,1-2H3/t13?,14?,15?,18-,19+/m1/s1. The molecule has 4 aliphatic rings. The summed E-state index contributed by atoms with van der Waals surface area (Å²) in [4.78, 5) is 12.6. The van der Waals surface area contributed by atoms with Gasteiger partial charge in [-0.1, -0.05) is 31.6 Å². The van der Waals surface area contributed by atoms with Gasteiger partial charge < -0.3 is 0 Å². The number of hydrogen-bond donors (Lipinski definition) is 2. The van der Waals surface area contributed by atoms with Crippen LogP contribution < -0.4 is 5.48 Å². The third kappa shape index (κ3) is 1.69. The number of allylic oxidation sites excluding steroid dienone is 4. The van der Waals surface area contributed by atoms with E-state index in [1.165, 1.54) is 32.1 Å². The molecule has 0 bridgehead atoms. The lowest BCUT2D eigenvalue weighted by molar-refractivity contribution is -0.131. The van der Waals surface area contributed by atoms with E-state index in [1.54, 1.807) is 5.57 Å². The van der Waals surface area contributed by atoms with Crippen molar-refractivity contribution in [2.45, 2.75) is 58.8 Å². The minimum absolute atomic E-state index is 0.119. The van der Waals surface area contributed by atoms with Gasteiger partial charge in [-0.25, -0.2) is 0 Å². The van der Waals surface area contributed by atoms with Gasteiger partial charge in [0.25, 0.3) is 0 Å². The van der Waals surface area contributed by atoms with Gasteiger partial charge in [-0.3, -0.25) is 15.5 Å². The number of hydroxylamine groups is 1. The Hall–Kier alpha value is -1.09. The summed E-state index contributed by atoms with van der Waals surface area (Å²) in [6, 6.07) is 0. The van der Waals surface area contributed by atoms with Crippen LogP contribution in [0, 0.1) is 28.6 Å². The molecule has 0 saturated heterocycles. The van der Waals surface area contributed by atoms with E-state index in [-0.39, 0.29) is 11.2 Å². The van der Waals surface area contributed by atoms with Crippen molar-refractivity contribution in [3.8, 4) is 0 Å². The van der Waals surface area contributed by atoms with Crippen LogP contribution in [0.4, 0.5) is 0 Å². The van der Waals surface area contributed by atoms with Crippen molar-refractivity contribution in [3.05, 3.63) is 23.4 Å². The molecule has 0 radical (unpaired) electrons. The maximum Gasteiger partial charge on any atom is 0.187 e. The summed E-state index contributed by atoms with van der Waals surface area (Å²) >= 11 is 0. The van der Waals surface area contributed by atoms with Crippen molar-refractivity contribution in [1.29, 1.82) is 0 Å². The molecular formula is C19H27NO2. The van der Waals surface area contributed by atoms with E-state index in [0.717, 1.165) is 12.8 Å². The van der Waals surface area contributed by atoms with Gasteiger partial charge in [-0.2, -0.15) is 0 Å². The third-order valence-electron chi connectivity index (χ3n) is 7.51. The molecule has 0 aromatic carbocycles. The molecule has 0 heterocycles. The molecule has 0 aromatic rings. The van der Waals surface area contributed by atoms with Gasteiger partial charge in [0.1, 0.15) is 5.70 Å². The Morgan fingerprint density at radius 2 is 2.05 bits per heavy atom. The average molecular weight is 301 g/mol. The molecule has 5 atom stereocenters. The molecule has 2 saturated carbocycles. The molecule has 0 spiro atoms. The zero-order chi connectivity index (χ0) is 15.5. The first-order valence-electron chi connectivity index (χ1n) is 8.87. The molecule has 4 aliphatic carbocycles. The number of hydrogen-bond acceptors (Lipinski definition) is 3. The summed E-state index contributed by atoms with van der Waals surface area (Å²) in [6.45, 7) is 4.59. The van der Waals surface area contributed by atoms with Crippen molar-refractivity contribution in [2.75, 3.05) is 0 Å². The zero-order valence-corrected chi connectivity index (χ0v) is 13.7. The van der Waals surface area contributed by atoms with Crippen LogP contribution in [-0.2, 0) is 4.79 Å². The molecule has 2 N–H and O–H groups in total. The zero-order valence-electron chi connectivity index (χ0n) is 13.7. The van der Waals surface area contributed by atoms with E-state index in [9.17, 15) is 10.0 Å². The van der Waals surface area contributed by atoms with E-state index in [4.69, 9.17) is 0 Å². The fraction of sp³-hybridized carbons (Fsp3) is 0.737. The van der Waals surface area contributed by atoms with Gasteiger partial charge in [-0.15, -0.1) is 0 Å². The number of ketones is 1. The van der Waals surface area contributed by atoms with E-state index in [0.29, 0.717) is 28.9 Å². The summed E-state index contributed by atoms with van der Waals surface area (Å²) in [5, 5.41) is 9.28. The Labute approximate surface area is 132 Å². The van der Waals surface area contributed by atoms with Gasteiger partial charge in [0.2, 0.25) is 0 Å². The van der Waals surface area contributed by atoms with Gasteiger partial charge >= 0.3 is 0 Å². The maximum absolute atomic E-state index is 12.6. The number of carbonyl (C=O) groups excluding carboxylic acids is 1. The predicted molar refractivity (Wildman–Crippen MR) is 85.1 cm³/mol. The number of Topliss-reactive ketones (excluding diaryl/α,β-unsaturated/α-hetero) is 1. The molecule has 0 amide bonds. The van der Waals surface area contributed by atoms with Crippen LogP contribution in [0.2, 0.25) is 0 Å². The van der Waals surface area contributed by atoms with Crippen LogP contribution >= 0.6 is 0 Å². The number of nitrogens with one attached hydrogen (secondary N) is 1. The smallest absolute Gasteiger partial charge is 0.187 e. The first kappa shape index (κ1) is 14.5. The van der Waals surface area contributed by atoms with Gasteiger partial charge in [0.05, 0.1) is 0 Å². The second-order valence-electron chi connectivity index (χ2n) is 8.35. The molecule has 3 heteroatoms. The van der Waals surface area contributed by atoms with Crippen LogP contribution in [0.3, 0.4) is 0 Å². The first-order valence-corrected chi connectivity index (χ1v) is 8.87. The number of fused-ring (bicyclic) bond motifs is 5. The maximum atomic E-state index is 12.6. The fourth-order valence-corrected chi connectivity index (χ4v) is 6.23. The minimum atomic E-state index is -0.293. The molecular weight excluding hydrogens is 274 g/mol. The summed E-state index contributed by atoms with van der Waals surface area (Å²) in [5.74, 6) is 1.71. The average Bonchev–Trinajstić information content (AvgIpc) is 2.78. The Bertz CT molecular complexity index is 578. The van der Waals surface area contributed by atoms with E-state index in [1.807, 2.05) is 6.08 Å². The van der Waals surface area contributed by atoms with Gasteiger partial charge in [-0.05, 0) is 68.1 Å². The van der Waals surface area contributed by atoms with Crippen LogP contribution in [0.1, 0.15) is 58.8 Å². The van der Waals surface area contributed by atoms with E-state index >= 15 is 0 Å². The molecule has 2 fully saturated rings. The highest BCUT2D eigenvalue weighted by Gasteiger charge is 2.58. The fourth-order valence-electron chi connectivity index (χ4n) is 6.23. The summed E-state index contributed by atoms with van der Waals surface area (Å²) in [7, 11) is 0. The van der Waals surface area contributed by atoms with Crippen molar-refractivity contribution in [2.24, 2.45) is 28.6 Å². The second kappa shape index (κ2) is 4.70. The number of rotatable bonds is 1. The number of carbonyl (C=O) groups is 1. The summed E-state index contributed by atoms with van der Waals surface area (Å²) < 4.78 is 0. The lowest BCUT2D eigenvalue weighted by Gasteiger charge is -2.56. The molecule has 0 aromatic heterocycles. The van der Waals surface area contributed by atoms with Crippen molar-refractivity contribution >= 4 is 5.78 Å². The minimum Gasteiger partial charge on any atom is -0.292 e. The van der Waals surface area contributed by atoms with Crippen LogP contribution in [0.5, 0.6) is 0 Å². The quantitative estimate of drug-likeness (QED) is 0.568. The third-order valence-corrected chi connectivity index (χ3v) is 7.51. The Morgan fingerprint density at radius 1 is 1.23 bits per heavy atom. The Morgan fingerprint density at radius 3 is 2.82 bits per heavy atom. The van der Waals surface area contributed by atoms with Crippen molar-refractivity contribution < 1.29 is 10.0 Å². The highest BCUT2D eigenvalue weighted by atomic mass is 16.5. The monoisotopic (exact) mass is 301 g/mol. The lowest BCUT2D eigenvalue weighted by Crippen LogP contribution is -2.50. The highest BCUT2D eigenvalue weighted by molar-refractivity contribution is 6.02. The van der Waals surface area contributed by atoms with Crippen LogP contribution in [0.25, 0.3) is 0 Å². The summed E-state index contributed by atoms with van der Waals surface area (Å²) in [5.41, 5.74) is 4.35.